The van der Waals surface area contributed by atoms with Gasteiger partial charge in [-0.3, -0.25) is 0 Å². The molecule has 0 radical (unpaired) electrons. The first-order valence-corrected chi connectivity index (χ1v) is 17.7. The molecule has 42 heavy (non-hydrogen) atoms. The summed E-state index contributed by atoms with van der Waals surface area (Å²) in [5, 5.41) is 4.62. The van der Waals surface area contributed by atoms with E-state index in [1.165, 1.54) is 60.9 Å². The first-order valence-electron chi connectivity index (χ1n) is 15.2. The number of fused-ring (bicyclic) bond motifs is 2. The number of allylic oxidation sites excluding steroid dienone is 4. The molecule has 5 aromatic carbocycles. The molecule has 0 fully saturated rings. The van der Waals surface area contributed by atoms with Crippen molar-refractivity contribution >= 4 is 34.8 Å². The zero-order chi connectivity index (χ0) is 29.0. The summed E-state index contributed by atoms with van der Waals surface area (Å²) in [6.45, 7) is 11.9. The molecule has 0 aromatic heterocycles. The summed E-state index contributed by atoms with van der Waals surface area (Å²) >= 11 is 0. The Bertz CT molecular complexity index is 1770. The Morgan fingerprint density at radius 3 is 1.24 bits per heavy atom. The fourth-order valence-electron chi connectivity index (χ4n) is 7.62. The average Bonchev–Trinajstić information content (AvgIpc) is 3.51. The van der Waals surface area contributed by atoms with Crippen molar-refractivity contribution in [3.63, 3.8) is 0 Å². The van der Waals surface area contributed by atoms with E-state index in [-0.39, 0.29) is 0 Å². The Labute approximate surface area is 252 Å². The predicted molar refractivity (Wildman–Crippen MR) is 185 cm³/mol. The molecule has 0 nitrogen and oxygen atoms in total. The number of hydrogen-bond donors (Lipinski definition) is 0. The van der Waals surface area contributed by atoms with Gasteiger partial charge in [-0.05, 0) is 112 Å². The van der Waals surface area contributed by atoms with E-state index in [2.05, 4.69) is 150 Å². The Kier molecular flexibility index (Phi) is 6.52. The van der Waals surface area contributed by atoms with Crippen molar-refractivity contribution < 1.29 is 0 Å². The third kappa shape index (κ3) is 4.02. The molecule has 1 heteroatoms. The van der Waals surface area contributed by atoms with Crippen LogP contribution in [0.15, 0.2) is 126 Å². The summed E-state index contributed by atoms with van der Waals surface area (Å²) in [7, 11) is -2.41. The maximum atomic E-state index is 2.61. The fraction of sp³-hybridized carbons (Fsp3) is 0.171. The van der Waals surface area contributed by atoms with Crippen molar-refractivity contribution in [2.75, 3.05) is 0 Å². The van der Waals surface area contributed by atoms with Crippen LogP contribution in [0.5, 0.6) is 0 Å². The van der Waals surface area contributed by atoms with Crippen LogP contribution in [-0.4, -0.2) is 8.07 Å². The Balaban J connectivity index is 1.53. The predicted octanol–water partition coefficient (Wildman–Crippen LogP) is 8.82. The van der Waals surface area contributed by atoms with Gasteiger partial charge in [-0.1, -0.05) is 133 Å². The van der Waals surface area contributed by atoms with E-state index >= 15 is 0 Å². The molecule has 2 aliphatic rings. The molecule has 2 aliphatic carbocycles. The quantitative estimate of drug-likeness (QED) is 0.149. The van der Waals surface area contributed by atoms with Gasteiger partial charge >= 0.3 is 0 Å². The lowest BCUT2D eigenvalue weighted by Gasteiger charge is -2.34. The third-order valence-corrected chi connectivity index (χ3v) is 14.7. The zero-order valence-corrected chi connectivity index (χ0v) is 26.4. The topological polar surface area (TPSA) is 0 Å². The second-order valence-electron chi connectivity index (χ2n) is 12.4. The van der Waals surface area contributed by atoms with Crippen molar-refractivity contribution in [3.8, 4) is 22.3 Å². The lowest BCUT2D eigenvalue weighted by molar-refractivity contribution is 1.20. The van der Waals surface area contributed by atoms with Gasteiger partial charge in [0.15, 0.2) is 0 Å². The maximum absolute atomic E-state index is 2.61. The highest BCUT2D eigenvalue weighted by Crippen LogP contribution is 2.42. The Morgan fingerprint density at radius 2 is 0.833 bits per heavy atom. The van der Waals surface area contributed by atoms with Crippen LogP contribution < -0.4 is 15.6 Å². The van der Waals surface area contributed by atoms with Crippen molar-refractivity contribution in [2.24, 2.45) is 0 Å². The molecule has 0 saturated carbocycles. The van der Waals surface area contributed by atoms with Crippen LogP contribution in [0.1, 0.15) is 49.9 Å². The van der Waals surface area contributed by atoms with Gasteiger partial charge in [-0.15, -0.1) is 0 Å². The molecule has 0 bridgehead atoms. The molecule has 0 atom stereocenters. The fourth-order valence-corrected chi connectivity index (χ4v) is 11.9. The SMILES string of the molecule is CC1=C(C)c2c(-c3ccccc3)ccc([Si](C)(c3ccccc3)c3ccc(-c4ccccc4)c4c3CC(C)=C4C)c2C1. The Morgan fingerprint density at radius 1 is 0.452 bits per heavy atom. The van der Waals surface area contributed by atoms with Crippen molar-refractivity contribution in [3.05, 3.63) is 149 Å². The molecule has 0 amide bonds. The van der Waals surface area contributed by atoms with E-state index in [4.69, 9.17) is 0 Å². The normalized spacial score (nSPS) is 14.4. The van der Waals surface area contributed by atoms with Gasteiger partial charge in [-0.25, -0.2) is 0 Å². The minimum absolute atomic E-state index is 1.03. The standard InChI is InChI=1S/C41H38Si/c1-27-25-36-38(23-21-34(40(36)29(27)3)31-15-9-6-10-16-31)42(5,33-19-13-8-14-20-33)39-24-22-35(32-17-11-7-12-18-32)41-30(4)28(2)26-37(39)41/h6-24H,25-26H2,1-5H3. The lowest BCUT2D eigenvalue weighted by atomic mass is 9.94. The van der Waals surface area contributed by atoms with Gasteiger partial charge in [0.05, 0.1) is 0 Å². The summed E-state index contributed by atoms with van der Waals surface area (Å²) in [5.41, 5.74) is 17.3. The largest absolute Gasteiger partial charge is 0.146 e. The minimum atomic E-state index is -2.41. The summed E-state index contributed by atoms with van der Waals surface area (Å²) < 4.78 is 0. The van der Waals surface area contributed by atoms with Crippen molar-refractivity contribution in [1.82, 2.24) is 0 Å². The summed E-state index contributed by atoms with van der Waals surface area (Å²) in [6.07, 6.45) is 2.07. The van der Waals surface area contributed by atoms with Gasteiger partial charge in [0.25, 0.3) is 0 Å². The van der Waals surface area contributed by atoms with Gasteiger partial charge in [0, 0.05) is 0 Å². The molecular formula is C41H38Si. The van der Waals surface area contributed by atoms with Crippen LogP contribution >= 0.6 is 0 Å². The maximum Gasteiger partial charge on any atom is 0.146 e. The van der Waals surface area contributed by atoms with Crippen molar-refractivity contribution in [2.45, 2.75) is 47.1 Å². The molecular weight excluding hydrogens is 521 g/mol. The van der Waals surface area contributed by atoms with E-state index in [1.807, 2.05) is 0 Å². The average molecular weight is 559 g/mol. The first-order chi connectivity index (χ1) is 20.4. The summed E-state index contributed by atoms with van der Waals surface area (Å²) in [6, 6.07) is 43.2. The van der Waals surface area contributed by atoms with E-state index in [0.717, 1.165) is 12.8 Å². The van der Waals surface area contributed by atoms with Crippen LogP contribution in [0.2, 0.25) is 6.55 Å². The van der Waals surface area contributed by atoms with E-state index in [1.54, 1.807) is 21.5 Å². The number of rotatable bonds is 5. The monoisotopic (exact) mass is 558 g/mol. The van der Waals surface area contributed by atoms with E-state index < -0.39 is 8.07 Å². The van der Waals surface area contributed by atoms with Crippen LogP contribution in [-0.2, 0) is 12.8 Å². The molecule has 0 aliphatic heterocycles. The van der Waals surface area contributed by atoms with E-state index in [0.29, 0.717) is 0 Å². The highest BCUT2D eigenvalue weighted by Gasteiger charge is 2.41. The first kappa shape index (κ1) is 26.7. The second-order valence-corrected chi connectivity index (χ2v) is 16.3. The van der Waals surface area contributed by atoms with Gasteiger partial charge in [0.2, 0.25) is 0 Å². The third-order valence-electron chi connectivity index (χ3n) is 10.1. The summed E-state index contributed by atoms with van der Waals surface area (Å²) in [5.74, 6) is 0. The molecule has 5 aromatic rings. The molecule has 0 unspecified atom stereocenters. The minimum Gasteiger partial charge on any atom is -0.0654 e. The van der Waals surface area contributed by atoms with Crippen LogP contribution in [0.3, 0.4) is 0 Å². The molecule has 0 saturated heterocycles. The molecule has 7 rings (SSSR count). The lowest BCUT2D eigenvalue weighted by Crippen LogP contribution is -2.66. The molecule has 0 N–H and O–H groups in total. The highest BCUT2D eigenvalue weighted by atomic mass is 28.3. The van der Waals surface area contributed by atoms with Crippen LogP contribution in [0.4, 0.5) is 0 Å². The highest BCUT2D eigenvalue weighted by molar-refractivity contribution is 7.11. The number of benzene rings is 5. The van der Waals surface area contributed by atoms with Crippen LogP contribution in [0.25, 0.3) is 33.4 Å². The molecule has 0 spiro atoms. The van der Waals surface area contributed by atoms with Gasteiger partial charge < -0.3 is 0 Å². The number of hydrogen-bond acceptors (Lipinski definition) is 0. The van der Waals surface area contributed by atoms with Crippen LogP contribution in [0, 0.1) is 0 Å². The Hall–Kier alpha value is -4.20. The molecule has 206 valence electrons. The van der Waals surface area contributed by atoms with Gasteiger partial charge in [-0.2, -0.15) is 0 Å². The molecule has 0 heterocycles. The smallest absolute Gasteiger partial charge is 0.0654 e. The summed E-state index contributed by atoms with van der Waals surface area (Å²) in [4.78, 5) is 0. The zero-order valence-electron chi connectivity index (χ0n) is 25.4. The van der Waals surface area contributed by atoms with Crippen molar-refractivity contribution in [1.29, 1.82) is 0 Å². The van der Waals surface area contributed by atoms with Gasteiger partial charge in [0.1, 0.15) is 8.07 Å². The second kappa shape index (κ2) is 10.3. The van der Waals surface area contributed by atoms with E-state index in [9.17, 15) is 0 Å².